The van der Waals surface area contributed by atoms with Crippen LogP contribution in [-0.2, 0) is 107 Å². The molecule has 7 aromatic rings. The first-order valence-corrected chi connectivity index (χ1v) is 49.6. The lowest BCUT2D eigenvalue weighted by Gasteiger charge is -2.35. The van der Waals surface area contributed by atoms with E-state index >= 15 is 0 Å². The van der Waals surface area contributed by atoms with E-state index in [4.69, 9.17) is 112 Å². The Morgan fingerprint density at radius 3 is 1.04 bits per heavy atom. The van der Waals surface area contributed by atoms with E-state index in [1.807, 2.05) is 57.5 Å². The van der Waals surface area contributed by atoms with E-state index < -0.39 is 41.5 Å². The fraction of sp³-hybridized carbons (Fsp3) is 0.489. The Morgan fingerprint density at radius 2 is 0.688 bits per heavy atom. The molecule has 29 nitrogen and oxygen atoms in total. The maximum Gasteiger partial charge on any atom is 0.319 e. The van der Waals surface area contributed by atoms with Crippen molar-refractivity contribution in [3.63, 3.8) is 0 Å². The van der Waals surface area contributed by atoms with Gasteiger partial charge in [0.05, 0.1) is 133 Å². The number of nitrogens with one attached hydrogen (secondary N) is 7. The van der Waals surface area contributed by atoms with Gasteiger partial charge in [-0.1, -0.05) is 124 Å². The van der Waals surface area contributed by atoms with Crippen molar-refractivity contribution in [3.05, 3.63) is 220 Å². The Bertz CT molecular complexity index is 4690. The van der Waals surface area contributed by atoms with E-state index in [1.165, 1.54) is 0 Å². The van der Waals surface area contributed by atoms with E-state index in [-0.39, 0.29) is 253 Å². The molecule has 0 unspecified atom stereocenters. The topological polar surface area (TPSA) is 348 Å². The number of amides is 5. The highest BCUT2D eigenvalue weighted by molar-refractivity contribution is 7.91. The van der Waals surface area contributed by atoms with Gasteiger partial charge in [0, 0.05) is 157 Å². The molecule has 5 amide bonds. The first kappa shape index (κ1) is 103. The molecule has 0 saturated heterocycles. The third-order valence-corrected chi connectivity index (χ3v) is 28.2. The number of hydrogen-bond donors (Lipinski definition) is 7. The first-order valence-electron chi connectivity index (χ1n) is 42.7. The minimum absolute atomic E-state index is 0.0259. The molecule has 700 valence electrons. The molecule has 0 fully saturated rings. The predicted molar refractivity (Wildman–Crippen MR) is 496 cm³/mol. The van der Waals surface area contributed by atoms with Gasteiger partial charge in [0.15, 0.2) is 9.84 Å². The molecule has 38 heteroatoms. The number of urea groups is 1. The maximum atomic E-state index is 14.0. The van der Waals surface area contributed by atoms with E-state index in [1.54, 1.807) is 103 Å². The van der Waals surface area contributed by atoms with E-state index in [0.717, 1.165) is 50.1 Å². The monoisotopic (exact) mass is 1950 g/mol. The quantitative estimate of drug-likeness (QED) is 0.0174. The zero-order valence-electron chi connectivity index (χ0n) is 72.3. The number of likely N-dealkylation sites (N-methyl/N-ethyl adjacent to an activating group) is 3. The van der Waals surface area contributed by atoms with Gasteiger partial charge < -0.3 is 83.9 Å². The lowest BCUT2D eigenvalue weighted by Crippen LogP contribution is -2.52. The molecule has 0 aliphatic carbocycles. The molecule has 7 aromatic carbocycles. The molecule has 3 aliphatic rings. The zero-order chi connectivity index (χ0) is 91.5. The van der Waals surface area contributed by atoms with Gasteiger partial charge in [-0.25, -0.2) is 39.5 Å². The van der Waals surface area contributed by atoms with Crippen LogP contribution in [0.15, 0.2) is 154 Å². The summed E-state index contributed by atoms with van der Waals surface area (Å²) in [5, 5.41) is 17.7. The highest BCUT2D eigenvalue weighted by Gasteiger charge is 2.36. The third kappa shape index (κ3) is 33.5. The Labute approximate surface area is 781 Å². The Kier molecular flexibility index (Phi) is 42.5. The largest absolute Gasteiger partial charge is 0.379 e. The Balaban J connectivity index is 0.623. The number of hydrogen-bond acceptors (Lipinski definition) is 22. The standard InChI is InChI=1S/C90H116Cl6N10O19S3/c1-104-58-77(74-52-67(91)55-83(94)80(74)61-104)64-11-7-16-71(49-64)126(111,112)48-10-30-117-36-42-123-43-37-118-31-25-97-86(107)19-22-90(103-89(110)102-70-14-5-4-6-15-70,23-20-87(108)98-26-32-119-38-44-124-46-40-121-34-28-100-127(113,114)72-17-8-12-65(50-72)78-59-105(2)62-81-75(78)53-68(92)56-84(81)95)24-21-88(109)99-27-33-120-39-45-125-47-41-122-35-29-101-128(115,116)73-18-9-13-66(51-73)79-60-106(3)63-82-76(79)54-69(93)57-85(82)96/h4-9,11-18,49-57,77-79,100-101H,10,19-48,58-63H2,1-3H3,(H,97,107)(H,98,108)(H,99,109)(H2,102,103,110)/t77-,78-,79-/m0/s1. The number of carbonyl (C=O) groups excluding carboxylic acids is 4. The molecule has 128 heavy (non-hydrogen) atoms. The summed E-state index contributed by atoms with van der Waals surface area (Å²) < 4.78 is 137. The number of halogens is 6. The summed E-state index contributed by atoms with van der Waals surface area (Å²) in [4.78, 5) is 61.8. The lowest BCUT2D eigenvalue weighted by atomic mass is 9.83. The average molecular weight is 1950 g/mol. The van der Waals surface area contributed by atoms with Crippen LogP contribution in [0.25, 0.3) is 0 Å². The molecule has 3 atom stereocenters. The van der Waals surface area contributed by atoms with Gasteiger partial charge in [-0.15, -0.1) is 0 Å². The third-order valence-electron chi connectivity index (χ3n) is 21.9. The molecule has 0 bridgehead atoms. The van der Waals surface area contributed by atoms with Crippen molar-refractivity contribution in [2.24, 2.45) is 0 Å². The maximum absolute atomic E-state index is 14.0. The van der Waals surface area contributed by atoms with Gasteiger partial charge in [0.2, 0.25) is 37.8 Å². The number of anilines is 1. The summed E-state index contributed by atoms with van der Waals surface area (Å²) >= 11 is 39.0. The normalized spacial score (nSPS) is 15.7. The van der Waals surface area contributed by atoms with Crippen LogP contribution in [0.4, 0.5) is 10.5 Å². The molecule has 7 N–H and O–H groups in total. The Hall–Kier alpha value is -6.75. The van der Waals surface area contributed by atoms with E-state index in [0.29, 0.717) is 75.1 Å². The molecular weight excluding hydrogens is 1830 g/mol. The summed E-state index contributed by atoms with van der Waals surface area (Å²) in [7, 11) is -5.39. The van der Waals surface area contributed by atoms with E-state index in [2.05, 4.69) is 50.7 Å². The minimum atomic E-state index is -3.87. The van der Waals surface area contributed by atoms with Crippen LogP contribution in [0.5, 0.6) is 0 Å². The van der Waals surface area contributed by atoms with Gasteiger partial charge in [0.1, 0.15) is 0 Å². The molecule has 0 spiro atoms. The van der Waals surface area contributed by atoms with Crippen molar-refractivity contribution >= 4 is 129 Å². The highest BCUT2D eigenvalue weighted by atomic mass is 35.5. The summed E-state index contributed by atoms with van der Waals surface area (Å²) in [6.07, 6.45) is 0.0287. The predicted octanol–water partition coefficient (Wildman–Crippen LogP) is 11.9. The molecule has 3 aliphatic heterocycles. The number of sulfonamides is 2. The summed E-state index contributed by atoms with van der Waals surface area (Å²) in [5.41, 5.74) is 7.54. The van der Waals surface area contributed by atoms with Crippen LogP contribution in [0, 0.1) is 0 Å². The minimum Gasteiger partial charge on any atom is -0.379 e. The zero-order valence-corrected chi connectivity index (χ0v) is 79.3. The van der Waals surface area contributed by atoms with Crippen LogP contribution in [-0.4, -0.2) is 267 Å². The second kappa shape index (κ2) is 52.6. The summed E-state index contributed by atoms with van der Waals surface area (Å²) in [5.74, 6) is -1.60. The number of benzene rings is 7. The van der Waals surface area contributed by atoms with Crippen molar-refractivity contribution in [2.75, 3.05) is 203 Å². The fourth-order valence-corrected chi connectivity index (χ4v) is 20.6. The first-order chi connectivity index (χ1) is 61.5. The SMILES string of the molecule is CN1Cc2c(Cl)cc(Cl)cc2[C@H](c2cccc(S(=O)(=O)CCCOCCOCCOCCNC(=O)CCC(CCC(=O)NCCOCCOCCOCCNS(=O)(=O)c3cccc([C@@H]4CN(C)Cc5c(Cl)cc(Cl)cc54)c3)(CCC(=O)NCCOCCOCCOCCNS(=O)(=O)c3cccc([C@@H]4CN(C)Cc5c(Cl)cc(Cl)cc54)c3)NC(=O)Nc3ccccc3)c2)C1. The number of para-hydroxylation sites is 1. The molecule has 3 heterocycles. The van der Waals surface area contributed by atoms with Crippen LogP contribution < -0.4 is 36.0 Å². The van der Waals surface area contributed by atoms with E-state index in [9.17, 15) is 44.4 Å². The highest BCUT2D eigenvalue weighted by Crippen LogP contribution is 2.43. The molecular formula is C90H116Cl6N10O19S3. The number of carbonyl (C=O) groups is 4. The van der Waals surface area contributed by atoms with Gasteiger partial charge >= 0.3 is 6.03 Å². The average Bonchev–Trinajstić information content (AvgIpc) is 0.778. The van der Waals surface area contributed by atoms with Crippen molar-refractivity contribution in [3.8, 4) is 0 Å². The van der Waals surface area contributed by atoms with Crippen molar-refractivity contribution in [2.45, 2.75) is 103 Å². The van der Waals surface area contributed by atoms with Crippen molar-refractivity contribution in [1.82, 2.24) is 45.4 Å². The number of fused-ring (bicyclic) bond motifs is 3. The second-order valence-corrected chi connectivity index (χ2v) is 39.8. The van der Waals surface area contributed by atoms with Crippen LogP contribution in [0.3, 0.4) is 0 Å². The van der Waals surface area contributed by atoms with Crippen molar-refractivity contribution < 1.29 is 87.1 Å². The lowest BCUT2D eigenvalue weighted by molar-refractivity contribution is -0.121. The summed E-state index contributed by atoms with van der Waals surface area (Å²) in [6, 6.07) is 39.7. The number of sulfone groups is 1. The number of nitrogens with zero attached hydrogens (tertiary/aromatic N) is 3. The fourth-order valence-electron chi connectivity index (χ4n) is 15.5. The van der Waals surface area contributed by atoms with Crippen LogP contribution in [0.1, 0.15) is 113 Å². The molecule has 0 saturated carbocycles. The number of rotatable bonds is 56. The number of ether oxygens (including phenoxy) is 9. The van der Waals surface area contributed by atoms with Crippen LogP contribution >= 0.6 is 69.6 Å². The molecule has 0 radical (unpaired) electrons. The second-order valence-electron chi connectivity index (χ2n) is 31.6. The van der Waals surface area contributed by atoms with Crippen molar-refractivity contribution in [1.29, 1.82) is 0 Å². The van der Waals surface area contributed by atoms with Gasteiger partial charge in [-0.05, 0) is 182 Å². The van der Waals surface area contributed by atoms with Gasteiger partial charge in [-0.3, -0.25) is 14.4 Å². The molecule has 0 aromatic heterocycles. The molecule has 10 rings (SSSR count). The smallest absolute Gasteiger partial charge is 0.319 e. The van der Waals surface area contributed by atoms with Crippen LogP contribution in [0.2, 0.25) is 30.1 Å². The van der Waals surface area contributed by atoms with Gasteiger partial charge in [-0.2, -0.15) is 0 Å². The van der Waals surface area contributed by atoms with Gasteiger partial charge in [0.25, 0.3) is 0 Å². The Morgan fingerprint density at radius 1 is 0.375 bits per heavy atom. The summed E-state index contributed by atoms with van der Waals surface area (Å²) in [6.45, 7) is 7.81.